The number of hydrogen-bond acceptors (Lipinski definition) is 4. The highest BCUT2D eigenvalue weighted by Gasteiger charge is 2.25. The summed E-state index contributed by atoms with van der Waals surface area (Å²) in [5.74, 6) is 0.564. The molecule has 1 atom stereocenters. The predicted molar refractivity (Wildman–Crippen MR) is 88.2 cm³/mol. The Morgan fingerprint density at radius 1 is 1.17 bits per heavy atom. The van der Waals surface area contributed by atoms with Crippen molar-refractivity contribution in [3.63, 3.8) is 0 Å². The Morgan fingerprint density at radius 3 is 2.65 bits per heavy atom. The van der Waals surface area contributed by atoms with Gasteiger partial charge in [0.15, 0.2) is 0 Å². The van der Waals surface area contributed by atoms with E-state index in [9.17, 15) is 4.79 Å². The summed E-state index contributed by atoms with van der Waals surface area (Å²) in [7, 11) is 0. The van der Waals surface area contributed by atoms with Crippen LogP contribution >= 0.6 is 0 Å². The van der Waals surface area contributed by atoms with E-state index in [2.05, 4.69) is 5.32 Å². The first-order valence-electron chi connectivity index (χ1n) is 8.59. The molecule has 2 aliphatic rings. The number of benzene rings is 1. The Kier molecular flexibility index (Phi) is 5.88. The Hall–Kier alpha value is -1.59. The number of nitrogens with one attached hydrogen (secondary N) is 1. The minimum absolute atomic E-state index is 0.201. The topological polar surface area (TPSA) is 50.8 Å². The smallest absolute Gasteiger partial charge is 0.410 e. The summed E-state index contributed by atoms with van der Waals surface area (Å²) in [5, 5.41) is 3.32. The highest BCUT2D eigenvalue weighted by molar-refractivity contribution is 5.67. The summed E-state index contributed by atoms with van der Waals surface area (Å²) >= 11 is 0. The van der Waals surface area contributed by atoms with E-state index < -0.39 is 0 Å². The normalized spacial score (nSPS) is 22.3. The molecule has 2 fully saturated rings. The molecule has 0 aromatic heterocycles. The van der Waals surface area contributed by atoms with Crippen molar-refractivity contribution in [2.24, 2.45) is 5.92 Å². The lowest BCUT2D eigenvalue weighted by Crippen LogP contribution is -2.40. The molecule has 1 N–H and O–H groups in total. The van der Waals surface area contributed by atoms with Gasteiger partial charge in [-0.3, -0.25) is 0 Å². The molecule has 0 aliphatic carbocycles. The monoisotopic (exact) mass is 318 g/mol. The van der Waals surface area contributed by atoms with Gasteiger partial charge in [0, 0.05) is 26.2 Å². The van der Waals surface area contributed by atoms with Gasteiger partial charge in [-0.25, -0.2) is 4.79 Å². The first kappa shape index (κ1) is 16.3. The van der Waals surface area contributed by atoms with Crippen LogP contribution in [0.3, 0.4) is 0 Å². The molecular weight excluding hydrogens is 292 g/mol. The van der Waals surface area contributed by atoms with Gasteiger partial charge in [-0.2, -0.15) is 0 Å². The van der Waals surface area contributed by atoms with Crippen molar-refractivity contribution in [2.75, 3.05) is 32.8 Å². The second-order valence-corrected chi connectivity index (χ2v) is 6.42. The minimum atomic E-state index is -0.201. The van der Waals surface area contributed by atoms with E-state index in [1.807, 2.05) is 35.2 Å². The van der Waals surface area contributed by atoms with E-state index in [1.54, 1.807) is 0 Å². The van der Waals surface area contributed by atoms with Crippen molar-refractivity contribution in [1.82, 2.24) is 10.2 Å². The fourth-order valence-electron chi connectivity index (χ4n) is 3.14. The van der Waals surface area contributed by atoms with E-state index in [0.717, 1.165) is 57.6 Å². The van der Waals surface area contributed by atoms with E-state index in [4.69, 9.17) is 9.47 Å². The molecule has 23 heavy (non-hydrogen) atoms. The molecule has 1 aromatic rings. The van der Waals surface area contributed by atoms with Crippen LogP contribution in [0, 0.1) is 5.92 Å². The van der Waals surface area contributed by atoms with Crippen LogP contribution in [0.2, 0.25) is 0 Å². The summed E-state index contributed by atoms with van der Waals surface area (Å²) < 4.78 is 11.3. The third kappa shape index (κ3) is 4.94. The average molecular weight is 318 g/mol. The zero-order valence-corrected chi connectivity index (χ0v) is 13.6. The number of nitrogens with zero attached hydrogens (tertiary/aromatic N) is 1. The number of piperidine rings is 1. The summed E-state index contributed by atoms with van der Waals surface area (Å²) in [6, 6.07) is 9.80. The molecule has 0 saturated carbocycles. The summed E-state index contributed by atoms with van der Waals surface area (Å²) in [4.78, 5) is 13.9. The standard InChI is InChI=1S/C18H26N2O3/c21-18(23-14-15-4-2-1-3-5-15)20-10-7-16(8-11-20)13-22-17-6-9-19-12-17/h1-5,16-17,19H,6-14H2. The highest BCUT2D eigenvalue weighted by Crippen LogP contribution is 2.19. The van der Waals surface area contributed by atoms with Gasteiger partial charge in [0.25, 0.3) is 0 Å². The molecule has 2 aliphatic heterocycles. The van der Waals surface area contributed by atoms with E-state index >= 15 is 0 Å². The van der Waals surface area contributed by atoms with E-state index in [1.165, 1.54) is 0 Å². The van der Waals surface area contributed by atoms with Gasteiger partial charge < -0.3 is 19.7 Å². The lowest BCUT2D eigenvalue weighted by molar-refractivity contribution is 0.0197. The maximum Gasteiger partial charge on any atom is 0.410 e. The van der Waals surface area contributed by atoms with Crippen LogP contribution in [0.4, 0.5) is 4.79 Å². The maximum absolute atomic E-state index is 12.1. The molecule has 0 bridgehead atoms. The Morgan fingerprint density at radius 2 is 1.96 bits per heavy atom. The van der Waals surface area contributed by atoms with Gasteiger partial charge in [0.2, 0.25) is 0 Å². The molecule has 1 amide bonds. The third-order valence-corrected chi connectivity index (χ3v) is 4.66. The number of amides is 1. The van der Waals surface area contributed by atoms with Crippen molar-refractivity contribution in [3.05, 3.63) is 35.9 Å². The maximum atomic E-state index is 12.1. The van der Waals surface area contributed by atoms with Crippen LogP contribution in [-0.2, 0) is 16.1 Å². The van der Waals surface area contributed by atoms with Crippen molar-refractivity contribution >= 4 is 6.09 Å². The van der Waals surface area contributed by atoms with Crippen LogP contribution in [0.25, 0.3) is 0 Å². The lowest BCUT2D eigenvalue weighted by atomic mass is 9.98. The fourth-order valence-corrected chi connectivity index (χ4v) is 3.14. The molecule has 126 valence electrons. The summed E-state index contributed by atoms with van der Waals surface area (Å²) in [6.07, 6.45) is 3.29. The molecule has 3 rings (SSSR count). The van der Waals surface area contributed by atoms with Crippen LogP contribution < -0.4 is 5.32 Å². The molecular formula is C18H26N2O3. The largest absolute Gasteiger partial charge is 0.445 e. The zero-order chi connectivity index (χ0) is 15.9. The molecule has 0 radical (unpaired) electrons. The molecule has 1 unspecified atom stereocenters. The number of likely N-dealkylation sites (tertiary alicyclic amines) is 1. The molecule has 2 saturated heterocycles. The van der Waals surface area contributed by atoms with Crippen molar-refractivity contribution < 1.29 is 14.3 Å². The molecule has 5 nitrogen and oxygen atoms in total. The molecule has 1 aromatic carbocycles. The lowest BCUT2D eigenvalue weighted by Gasteiger charge is -2.31. The molecule has 2 heterocycles. The SMILES string of the molecule is O=C(OCc1ccccc1)N1CCC(COC2CCNC2)CC1. The van der Waals surface area contributed by atoms with Gasteiger partial charge in [-0.1, -0.05) is 30.3 Å². The van der Waals surface area contributed by atoms with Crippen molar-refractivity contribution in [3.8, 4) is 0 Å². The first-order chi connectivity index (χ1) is 11.3. The zero-order valence-electron chi connectivity index (χ0n) is 13.6. The van der Waals surface area contributed by atoms with E-state index in [0.29, 0.717) is 18.6 Å². The second-order valence-electron chi connectivity index (χ2n) is 6.42. The Bertz CT molecular complexity index is 480. The number of hydrogen-bond donors (Lipinski definition) is 1. The molecule has 0 spiro atoms. The second kappa shape index (κ2) is 8.31. The van der Waals surface area contributed by atoms with Gasteiger partial charge in [0.1, 0.15) is 6.61 Å². The average Bonchev–Trinajstić information content (AvgIpc) is 3.13. The van der Waals surface area contributed by atoms with E-state index in [-0.39, 0.29) is 6.09 Å². The van der Waals surface area contributed by atoms with Crippen molar-refractivity contribution in [2.45, 2.75) is 32.0 Å². The third-order valence-electron chi connectivity index (χ3n) is 4.66. The predicted octanol–water partition coefficient (Wildman–Crippen LogP) is 2.41. The van der Waals surface area contributed by atoms with Crippen LogP contribution in [0.5, 0.6) is 0 Å². The van der Waals surface area contributed by atoms with Gasteiger partial charge in [0.05, 0.1) is 6.10 Å². The van der Waals surface area contributed by atoms with Gasteiger partial charge in [-0.15, -0.1) is 0 Å². The highest BCUT2D eigenvalue weighted by atomic mass is 16.6. The number of ether oxygens (including phenoxy) is 2. The number of carbonyl (C=O) groups is 1. The molecule has 5 heteroatoms. The van der Waals surface area contributed by atoms with Crippen LogP contribution in [0.1, 0.15) is 24.8 Å². The Balaban J connectivity index is 1.34. The Labute approximate surface area is 137 Å². The fraction of sp³-hybridized carbons (Fsp3) is 0.611. The van der Waals surface area contributed by atoms with Gasteiger partial charge >= 0.3 is 6.09 Å². The quantitative estimate of drug-likeness (QED) is 0.906. The summed E-state index contributed by atoms with van der Waals surface area (Å²) in [5.41, 5.74) is 1.02. The first-order valence-corrected chi connectivity index (χ1v) is 8.59. The summed E-state index contributed by atoms with van der Waals surface area (Å²) in [6.45, 7) is 4.74. The van der Waals surface area contributed by atoms with Crippen LogP contribution in [-0.4, -0.2) is 49.9 Å². The number of carbonyl (C=O) groups excluding carboxylic acids is 1. The minimum Gasteiger partial charge on any atom is -0.445 e. The van der Waals surface area contributed by atoms with Crippen LogP contribution in [0.15, 0.2) is 30.3 Å². The van der Waals surface area contributed by atoms with Gasteiger partial charge in [-0.05, 0) is 37.3 Å². The number of rotatable bonds is 5. The van der Waals surface area contributed by atoms with Crippen molar-refractivity contribution in [1.29, 1.82) is 0 Å².